The van der Waals surface area contributed by atoms with Crippen LogP contribution in [0.3, 0.4) is 0 Å². The number of pyridine rings is 1. The molecule has 1 N–H and O–H groups in total. The predicted octanol–water partition coefficient (Wildman–Crippen LogP) is 1.43. The van der Waals surface area contributed by atoms with Crippen LogP contribution in [0, 0.1) is 0 Å². The van der Waals surface area contributed by atoms with Gasteiger partial charge in [-0.25, -0.2) is 4.98 Å². The van der Waals surface area contributed by atoms with Crippen LogP contribution in [0.5, 0.6) is 0 Å². The second kappa shape index (κ2) is 4.94. The van der Waals surface area contributed by atoms with Gasteiger partial charge in [0.1, 0.15) is 12.4 Å². The molecular formula is C8H9BrN2O2. The lowest BCUT2D eigenvalue weighted by Gasteiger charge is -2.04. The number of carbonyl (C=O) groups excluding carboxylic acids is 1. The van der Waals surface area contributed by atoms with Gasteiger partial charge in [-0.3, -0.25) is 4.79 Å². The molecule has 0 saturated heterocycles. The number of hydrogen-bond acceptors (Lipinski definition) is 3. The second-order valence-electron chi connectivity index (χ2n) is 2.32. The predicted molar refractivity (Wildman–Crippen MR) is 52.4 cm³/mol. The summed E-state index contributed by atoms with van der Waals surface area (Å²) in [5.74, 6) is 0.284. The molecule has 70 valence electrons. The largest absolute Gasteiger partial charge is 0.375 e. The number of halogens is 1. The highest BCUT2D eigenvalue weighted by Crippen LogP contribution is 2.17. The Morgan fingerprint density at radius 1 is 1.77 bits per heavy atom. The molecule has 0 radical (unpaired) electrons. The Morgan fingerprint density at radius 2 is 2.54 bits per heavy atom. The quantitative estimate of drug-likeness (QED) is 0.876. The van der Waals surface area contributed by atoms with E-state index < -0.39 is 0 Å². The molecule has 0 bridgehead atoms. The Balaban J connectivity index is 2.63. The van der Waals surface area contributed by atoms with E-state index in [-0.39, 0.29) is 12.5 Å². The molecule has 0 spiro atoms. The van der Waals surface area contributed by atoms with Crippen molar-refractivity contribution in [2.24, 2.45) is 0 Å². The average Bonchev–Trinajstić information content (AvgIpc) is 2.09. The van der Waals surface area contributed by atoms with Crippen molar-refractivity contribution in [2.45, 2.75) is 0 Å². The minimum atomic E-state index is -0.220. The number of hydrogen-bond donors (Lipinski definition) is 1. The third-order valence-corrected chi connectivity index (χ3v) is 1.93. The van der Waals surface area contributed by atoms with Crippen LogP contribution in [0.1, 0.15) is 0 Å². The fourth-order valence-electron chi connectivity index (χ4n) is 0.777. The number of aromatic nitrogens is 1. The van der Waals surface area contributed by atoms with Gasteiger partial charge in [-0.2, -0.15) is 0 Å². The van der Waals surface area contributed by atoms with Gasteiger partial charge >= 0.3 is 0 Å². The lowest BCUT2D eigenvalue weighted by molar-refractivity contribution is -0.119. The van der Waals surface area contributed by atoms with Crippen molar-refractivity contribution in [3.63, 3.8) is 0 Å². The van der Waals surface area contributed by atoms with E-state index >= 15 is 0 Å². The SMILES string of the molecule is COCC(=O)Nc1ncccc1Br. The first-order valence-electron chi connectivity index (χ1n) is 3.63. The number of anilines is 1. The van der Waals surface area contributed by atoms with Gasteiger partial charge in [-0.05, 0) is 28.1 Å². The number of nitrogens with one attached hydrogen (secondary N) is 1. The summed E-state index contributed by atoms with van der Waals surface area (Å²) in [5, 5.41) is 2.59. The number of carbonyl (C=O) groups is 1. The molecular weight excluding hydrogens is 236 g/mol. The Hall–Kier alpha value is -0.940. The zero-order valence-electron chi connectivity index (χ0n) is 7.08. The monoisotopic (exact) mass is 244 g/mol. The number of ether oxygens (including phenoxy) is 1. The summed E-state index contributed by atoms with van der Waals surface area (Å²) < 4.78 is 5.41. The van der Waals surface area contributed by atoms with Gasteiger partial charge in [0.25, 0.3) is 5.91 Å². The zero-order valence-corrected chi connectivity index (χ0v) is 8.67. The zero-order chi connectivity index (χ0) is 9.68. The van der Waals surface area contributed by atoms with E-state index in [1.807, 2.05) is 0 Å². The molecule has 1 rings (SSSR count). The summed E-state index contributed by atoms with van der Waals surface area (Å²) in [7, 11) is 1.47. The van der Waals surface area contributed by atoms with Crippen molar-refractivity contribution in [3.8, 4) is 0 Å². The van der Waals surface area contributed by atoms with Gasteiger partial charge in [-0.1, -0.05) is 0 Å². The van der Waals surface area contributed by atoms with E-state index in [0.717, 1.165) is 4.47 Å². The van der Waals surface area contributed by atoms with Crippen LogP contribution >= 0.6 is 15.9 Å². The fourth-order valence-corrected chi connectivity index (χ4v) is 1.13. The van der Waals surface area contributed by atoms with Gasteiger partial charge in [0, 0.05) is 13.3 Å². The maximum atomic E-state index is 11.1. The number of rotatable bonds is 3. The van der Waals surface area contributed by atoms with Crippen LogP contribution in [-0.2, 0) is 9.53 Å². The highest BCUT2D eigenvalue weighted by atomic mass is 79.9. The highest BCUT2D eigenvalue weighted by molar-refractivity contribution is 9.10. The number of methoxy groups -OCH3 is 1. The molecule has 0 aliphatic carbocycles. The average molecular weight is 245 g/mol. The molecule has 0 unspecified atom stereocenters. The highest BCUT2D eigenvalue weighted by Gasteiger charge is 2.04. The third kappa shape index (κ3) is 3.12. The van der Waals surface area contributed by atoms with Crippen molar-refractivity contribution < 1.29 is 9.53 Å². The van der Waals surface area contributed by atoms with Gasteiger partial charge < -0.3 is 10.1 Å². The van der Waals surface area contributed by atoms with Crippen molar-refractivity contribution in [1.82, 2.24) is 4.98 Å². The topological polar surface area (TPSA) is 51.2 Å². The van der Waals surface area contributed by atoms with E-state index in [2.05, 4.69) is 31.0 Å². The fraction of sp³-hybridized carbons (Fsp3) is 0.250. The van der Waals surface area contributed by atoms with E-state index in [0.29, 0.717) is 5.82 Å². The van der Waals surface area contributed by atoms with E-state index in [9.17, 15) is 4.79 Å². The normalized spacial score (nSPS) is 9.69. The first-order chi connectivity index (χ1) is 6.24. The minimum Gasteiger partial charge on any atom is -0.375 e. The van der Waals surface area contributed by atoms with Crippen molar-refractivity contribution in [2.75, 3.05) is 19.0 Å². The van der Waals surface area contributed by atoms with Crippen molar-refractivity contribution in [1.29, 1.82) is 0 Å². The van der Waals surface area contributed by atoms with Crippen LogP contribution in [0.2, 0.25) is 0 Å². The number of amides is 1. The van der Waals surface area contributed by atoms with Gasteiger partial charge in [0.2, 0.25) is 0 Å². The molecule has 1 aromatic heterocycles. The van der Waals surface area contributed by atoms with Crippen molar-refractivity contribution in [3.05, 3.63) is 22.8 Å². The molecule has 13 heavy (non-hydrogen) atoms. The molecule has 1 heterocycles. The van der Waals surface area contributed by atoms with Gasteiger partial charge in [0.05, 0.1) is 4.47 Å². The van der Waals surface area contributed by atoms with Crippen LogP contribution in [0.15, 0.2) is 22.8 Å². The summed E-state index contributed by atoms with van der Waals surface area (Å²) >= 11 is 3.26. The molecule has 0 fully saturated rings. The lowest BCUT2D eigenvalue weighted by Crippen LogP contribution is -2.18. The molecule has 1 amide bonds. The van der Waals surface area contributed by atoms with Crippen LogP contribution in [0.25, 0.3) is 0 Å². The first kappa shape index (κ1) is 10.1. The van der Waals surface area contributed by atoms with E-state index in [4.69, 9.17) is 0 Å². The second-order valence-corrected chi connectivity index (χ2v) is 3.17. The lowest BCUT2D eigenvalue weighted by atomic mass is 10.4. The molecule has 0 aliphatic heterocycles. The summed E-state index contributed by atoms with van der Waals surface area (Å²) in [6.07, 6.45) is 1.60. The molecule has 4 nitrogen and oxygen atoms in total. The molecule has 0 atom stereocenters. The maximum absolute atomic E-state index is 11.1. The minimum absolute atomic E-state index is 0.0308. The summed E-state index contributed by atoms with van der Waals surface area (Å²) in [5.41, 5.74) is 0. The Bertz CT molecular complexity index is 304. The summed E-state index contributed by atoms with van der Waals surface area (Å²) in [4.78, 5) is 15.0. The van der Waals surface area contributed by atoms with Crippen LogP contribution in [-0.4, -0.2) is 24.6 Å². The molecule has 0 saturated carbocycles. The first-order valence-corrected chi connectivity index (χ1v) is 4.42. The molecule has 0 aromatic carbocycles. The van der Waals surface area contributed by atoms with Crippen LogP contribution < -0.4 is 5.32 Å². The van der Waals surface area contributed by atoms with Gasteiger partial charge in [-0.15, -0.1) is 0 Å². The summed E-state index contributed by atoms with van der Waals surface area (Å²) in [6.45, 7) is 0.0308. The molecule has 1 aromatic rings. The van der Waals surface area contributed by atoms with E-state index in [1.165, 1.54) is 7.11 Å². The third-order valence-electron chi connectivity index (χ3n) is 1.29. The van der Waals surface area contributed by atoms with E-state index in [1.54, 1.807) is 18.3 Å². The van der Waals surface area contributed by atoms with Crippen molar-refractivity contribution >= 4 is 27.7 Å². The summed E-state index contributed by atoms with van der Waals surface area (Å²) in [6, 6.07) is 3.57. The molecule has 0 aliphatic rings. The van der Waals surface area contributed by atoms with Crippen LogP contribution in [0.4, 0.5) is 5.82 Å². The smallest absolute Gasteiger partial charge is 0.251 e. The standard InChI is InChI=1S/C8H9BrN2O2/c1-13-5-7(12)11-8-6(9)3-2-4-10-8/h2-4H,5H2,1H3,(H,10,11,12). The number of nitrogens with zero attached hydrogens (tertiary/aromatic N) is 1. The Labute approximate surface area is 84.4 Å². The van der Waals surface area contributed by atoms with Gasteiger partial charge in [0.15, 0.2) is 0 Å². The maximum Gasteiger partial charge on any atom is 0.251 e. The Kier molecular flexibility index (Phi) is 3.85. The Morgan fingerprint density at radius 3 is 3.15 bits per heavy atom. The molecule has 5 heteroatoms.